The number of carbonyl (C=O) groups excluding carboxylic acids is 1. The summed E-state index contributed by atoms with van der Waals surface area (Å²) in [6, 6.07) is 14.3. The van der Waals surface area contributed by atoms with Crippen LogP contribution in [0.25, 0.3) is 0 Å². The van der Waals surface area contributed by atoms with E-state index in [1.165, 1.54) is 4.31 Å². The van der Waals surface area contributed by atoms with Gasteiger partial charge in [-0.1, -0.05) is 29.8 Å². The van der Waals surface area contributed by atoms with Gasteiger partial charge in [0.05, 0.1) is 24.7 Å². The molecular weight excluding hydrogens is 490 g/mol. The smallest absolute Gasteiger partial charge is 0.243 e. The number of amides is 1. The molecule has 0 aliphatic carbocycles. The minimum absolute atomic E-state index is 0.00201. The van der Waals surface area contributed by atoms with Crippen molar-refractivity contribution in [2.45, 2.75) is 24.3 Å². The molecule has 0 unspecified atom stereocenters. The lowest BCUT2D eigenvalue weighted by Crippen LogP contribution is -2.41. The molecule has 8 nitrogen and oxygen atoms in total. The predicted molar refractivity (Wildman–Crippen MR) is 134 cm³/mol. The Kier molecular flexibility index (Phi) is 9.02. The first-order chi connectivity index (χ1) is 16.9. The number of halogens is 1. The lowest BCUT2D eigenvalue weighted by Gasteiger charge is -2.31. The van der Waals surface area contributed by atoms with Crippen LogP contribution in [0.3, 0.4) is 0 Å². The minimum Gasteiger partial charge on any atom is -0.492 e. The molecule has 2 aromatic rings. The monoisotopic (exact) mass is 521 g/mol. The SMILES string of the molecule is O=C(NCCOc1ccc(S(=O)(=O)N2CCOCC2)cc1)C1CCN(Cc2ccccc2Cl)CC1. The van der Waals surface area contributed by atoms with E-state index in [0.717, 1.165) is 43.1 Å². The summed E-state index contributed by atoms with van der Waals surface area (Å²) in [5, 5.41) is 3.74. The van der Waals surface area contributed by atoms with E-state index in [0.29, 0.717) is 45.2 Å². The van der Waals surface area contributed by atoms with Gasteiger partial charge in [-0.25, -0.2) is 8.42 Å². The predicted octanol–water partition coefficient (Wildman–Crippen LogP) is 2.77. The van der Waals surface area contributed by atoms with Gasteiger partial charge in [-0.15, -0.1) is 0 Å². The Labute approximate surface area is 212 Å². The lowest BCUT2D eigenvalue weighted by atomic mass is 9.95. The molecule has 190 valence electrons. The molecule has 0 spiro atoms. The zero-order valence-electron chi connectivity index (χ0n) is 19.7. The normalized spacial score (nSPS) is 18.3. The van der Waals surface area contributed by atoms with Crippen molar-refractivity contribution in [3.63, 3.8) is 0 Å². The zero-order chi connectivity index (χ0) is 24.7. The van der Waals surface area contributed by atoms with Crippen LogP contribution in [0.15, 0.2) is 53.4 Å². The maximum absolute atomic E-state index is 12.7. The number of nitrogens with zero attached hydrogens (tertiary/aromatic N) is 2. The number of hydrogen-bond donors (Lipinski definition) is 1. The van der Waals surface area contributed by atoms with Crippen molar-refractivity contribution >= 4 is 27.5 Å². The van der Waals surface area contributed by atoms with Crippen molar-refractivity contribution < 1.29 is 22.7 Å². The third kappa shape index (κ3) is 6.95. The highest BCUT2D eigenvalue weighted by Gasteiger charge is 2.27. The van der Waals surface area contributed by atoms with Crippen molar-refractivity contribution in [1.29, 1.82) is 0 Å². The summed E-state index contributed by atoms with van der Waals surface area (Å²) >= 11 is 6.26. The van der Waals surface area contributed by atoms with Crippen molar-refractivity contribution in [1.82, 2.24) is 14.5 Å². The Bertz CT molecular complexity index is 1080. The number of rotatable bonds is 9. The average Bonchev–Trinajstić information content (AvgIpc) is 2.89. The van der Waals surface area contributed by atoms with Crippen LogP contribution in [0.4, 0.5) is 0 Å². The number of carbonyl (C=O) groups is 1. The fraction of sp³-hybridized carbons (Fsp3) is 0.480. The Morgan fingerprint density at radius 3 is 2.40 bits per heavy atom. The fourth-order valence-electron chi connectivity index (χ4n) is 4.35. The number of ether oxygens (including phenoxy) is 2. The van der Waals surface area contributed by atoms with Gasteiger partial charge < -0.3 is 14.8 Å². The van der Waals surface area contributed by atoms with Gasteiger partial charge in [0.15, 0.2) is 0 Å². The highest BCUT2D eigenvalue weighted by Crippen LogP contribution is 2.23. The van der Waals surface area contributed by atoms with Gasteiger partial charge >= 0.3 is 0 Å². The molecule has 0 radical (unpaired) electrons. The highest BCUT2D eigenvalue weighted by molar-refractivity contribution is 7.89. The third-order valence-electron chi connectivity index (χ3n) is 6.41. The number of sulfonamides is 1. The minimum atomic E-state index is -3.52. The summed E-state index contributed by atoms with van der Waals surface area (Å²) in [4.78, 5) is 15.1. The number of benzene rings is 2. The van der Waals surface area contributed by atoms with E-state index in [1.807, 2.05) is 24.3 Å². The van der Waals surface area contributed by atoms with Crippen LogP contribution in [-0.4, -0.2) is 76.1 Å². The van der Waals surface area contributed by atoms with Gasteiger partial charge in [-0.2, -0.15) is 4.31 Å². The second-order valence-corrected chi connectivity index (χ2v) is 11.1. The van der Waals surface area contributed by atoms with E-state index in [1.54, 1.807) is 24.3 Å². The molecule has 2 heterocycles. The second-order valence-electron chi connectivity index (χ2n) is 8.77. The van der Waals surface area contributed by atoms with Crippen LogP contribution in [-0.2, 0) is 26.1 Å². The van der Waals surface area contributed by atoms with Crippen LogP contribution in [0.5, 0.6) is 5.75 Å². The molecule has 4 rings (SSSR count). The molecule has 0 aromatic heterocycles. The van der Waals surface area contributed by atoms with Crippen molar-refractivity contribution in [2.24, 2.45) is 5.92 Å². The van der Waals surface area contributed by atoms with Crippen LogP contribution in [0, 0.1) is 5.92 Å². The maximum atomic E-state index is 12.7. The lowest BCUT2D eigenvalue weighted by molar-refractivity contribution is -0.126. The van der Waals surface area contributed by atoms with E-state index < -0.39 is 10.0 Å². The van der Waals surface area contributed by atoms with Crippen LogP contribution >= 0.6 is 11.6 Å². The fourth-order valence-corrected chi connectivity index (χ4v) is 5.96. The largest absolute Gasteiger partial charge is 0.492 e. The van der Waals surface area contributed by atoms with E-state index >= 15 is 0 Å². The topological polar surface area (TPSA) is 88.2 Å². The molecule has 1 N–H and O–H groups in total. The number of morpholine rings is 1. The van der Waals surface area contributed by atoms with Crippen molar-refractivity contribution in [2.75, 3.05) is 52.5 Å². The van der Waals surface area contributed by atoms with E-state index in [9.17, 15) is 13.2 Å². The second kappa shape index (κ2) is 12.2. The Morgan fingerprint density at radius 2 is 1.71 bits per heavy atom. The molecule has 2 fully saturated rings. The first kappa shape index (κ1) is 25.9. The Morgan fingerprint density at radius 1 is 1.03 bits per heavy atom. The van der Waals surface area contributed by atoms with Crippen molar-refractivity contribution in [3.05, 3.63) is 59.1 Å². The zero-order valence-corrected chi connectivity index (χ0v) is 21.3. The summed E-state index contributed by atoms with van der Waals surface area (Å²) < 4.78 is 37.7. The average molecular weight is 522 g/mol. The Balaban J connectivity index is 1.16. The first-order valence-corrected chi connectivity index (χ1v) is 13.8. The summed E-state index contributed by atoms with van der Waals surface area (Å²) in [5.41, 5.74) is 1.11. The van der Waals surface area contributed by atoms with Gasteiger partial charge in [0.1, 0.15) is 12.4 Å². The molecule has 2 aliphatic heterocycles. The summed E-state index contributed by atoms with van der Waals surface area (Å²) in [6.45, 7) is 4.77. The van der Waals surface area contributed by atoms with Crippen molar-refractivity contribution in [3.8, 4) is 5.75 Å². The number of likely N-dealkylation sites (tertiary alicyclic amines) is 1. The Hall–Kier alpha value is -2.17. The van der Waals surface area contributed by atoms with Gasteiger partial charge in [0.2, 0.25) is 15.9 Å². The molecular formula is C25H32ClN3O5S. The highest BCUT2D eigenvalue weighted by atomic mass is 35.5. The molecule has 35 heavy (non-hydrogen) atoms. The standard InChI is InChI=1S/C25H32ClN3O5S/c26-24-4-2-1-3-21(24)19-28-12-9-20(10-13-28)25(30)27-11-16-34-22-5-7-23(8-6-22)35(31,32)29-14-17-33-18-15-29/h1-8,20H,9-19H2,(H,27,30). The van der Waals surface area contributed by atoms with Crippen LogP contribution in [0.1, 0.15) is 18.4 Å². The molecule has 10 heteroatoms. The van der Waals surface area contributed by atoms with Crippen LogP contribution in [0.2, 0.25) is 5.02 Å². The number of nitrogens with one attached hydrogen (secondary N) is 1. The third-order valence-corrected chi connectivity index (χ3v) is 8.69. The van der Waals surface area contributed by atoms with Gasteiger partial charge in [-0.05, 0) is 61.8 Å². The van der Waals surface area contributed by atoms with Gasteiger partial charge in [0, 0.05) is 30.6 Å². The molecule has 2 aromatic carbocycles. The van der Waals surface area contributed by atoms with E-state index in [2.05, 4.69) is 10.2 Å². The number of hydrogen-bond acceptors (Lipinski definition) is 6. The molecule has 0 bridgehead atoms. The molecule has 2 aliphatic rings. The van der Waals surface area contributed by atoms with E-state index in [-0.39, 0.29) is 16.7 Å². The summed E-state index contributed by atoms with van der Waals surface area (Å²) in [5.74, 6) is 0.619. The van der Waals surface area contributed by atoms with Crippen LogP contribution < -0.4 is 10.1 Å². The maximum Gasteiger partial charge on any atom is 0.243 e. The quantitative estimate of drug-likeness (QED) is 0.510. The molecule has 0 atom stereocenters. The molecule has 1 amide bonds. The first-order valence-electron chi connectivity index (χ1n) is 12.0. The molecule has 0 saturated carbocycles. The van der Waals surface area contributed by atoms with Gasteiger partial charge in [0.25, 0.3) is 0 Å². The summed E-state index contributed by atoms with van der Waals surface area (Å²) in [7, 11) is -3.52. The van der Waals surface area contributed by atoms with Gasteiger partial charge in [-0.3, -0.25) is 9.69 Å². The summed E-state index contributed by atoms with van der Waals surface area (Å²) in [6.07, 6.45) is 1.63. The number of piperidine rings is 1. The molecule has 2 saturated heterocycles. The van der Waals surface area contributed by atoms with E-state index in [4.69, 9.17) is 21.1 Å².